The Balaban J connectivity index is 1.79. The van der Waals surface area contributed by atoms with Crippen molar-refractivity contribution in [3.63, 3.8) is 0 Å². The molecule has 1 aliphatic rings. The summed E-state index contributed by atoms with van der Waals surface area (Å²) in [5.74, 6) is 0.369. The topological polar surface area (TPSA) is 69.9 Å². The Morgan fingerprint density at radius 1 is 1.17 bits per heavy atom. The number of halogens is 3. The van der Waals surface area contributed by atoms with Crippen molar-refractivity contribution in [2.24, 2.45) is 0 Å². The lowest BCUT2D eigenvalue weighted by molar-refractivity contribution is -0.274. The molecule has 0 bridgehead atoms. The maximum Gasteiger partial charge on any atom is 0.573 e. The Morgan fingerprint density at radius 2 is 1.93 bits per heavy atom. The van der Waals surface area contributed by atoms with E-state index in [1.54, 1.807) is 10.5 Å². The first-order chi connectivity index (χ1) is 14.3. The van der Waals surface area contributed by atoms with Gasteiger partial charge in [0, 0.05) is 37.1 Å². The van der Waals surface area contributed by atoms with Crippen LogP contribution in [0.4, 0.5) is 19.1 Å². The highest BCUT2D eigenvalue weighted by Crippen LogP contribution is 2.38. The van der Waals surface area contributed by atoms with E-state index in [4.69, 9.17) is 9.47 Å². The van der Waals surface area contributed by atoms with Crippen molar-refractivity contribution in [2.45, 2.75) is 32.2 Å². The van der Waals surface area contributed by atoms with E-state index < -0.39 is 12.1 Å². The summed E-state index contributed by atoms with van der Waals surface area (Å²) in [6, 6.07) is 6.26. The van der Waals surface area contributed by atoms with E-state index in [2.05, 4.69) is 20.3 Å². The minimum atomic E-state index is -4.85. The van der Waals surface area contributed by atoms with Crippen molar-refractivity contribution >= 4 is 11.5 Å². The van der Waals surface area contributed by atoms with Gasteiger partial charge in [-0.25, -0.2) is 0 Å². The van der Waals surface area contributed by atoms with Gasteiger partial charge in [0.05, 0.1) is 12.6 Å². The Bertz CT molecular complexity index is 1050. The number of rotatable bonds is 5. The highest BCUT2D eigenvalue weighted by Gasteiger charge is 2.33. The Labute approximate surface area is 170 Å². The SMILES string of the molecule is COc1ccc(-c2nnc(NC3CCOCC3)n3cc(C)cc23)c(OC(F)(F)F)c1. The van der Waals surface area contributed by atoms with Crippen molar-refractivity contribution < 1.29 is 27.4 Å². The van der Waals surface area contributed by atoms with Crippen LogP contribution in [0.2, 0.25) is 0 Å². The van der Waals surface area contributed by atoms with Crippen molar-refractivity contribution in [3.8, 4) is 22.8 Å². The quantitative estimate of drug-likeness (QED) is 0.665. The van der Waals surface area contributed by atoms with Gasteiger partial charge in [-0.1, -0.05) is 0 Å². The average molecular weight is 422 g/mol. The van der Waals surface area contributed by atoms with Crippen LogP contribution >= 0.6 is 0 Å². The zero-order valence-corrected chi connectivity index (χ0v) is 16.5. The molecule has 4 rings (SSSR count). The van der Waals surface area contributed by atoms with Gasteiger partial charge in [0.15, 0.2) is 0 Å². The zero-order valence-electron chi connectivity index (χ0n) is 16.5. The molecule has 160 valence electrons. The summed E-state index contributed by atoms with van der Waals surface area (Å²) in [5.41, 5.74) is 1.99. The number of aromatic nitrogens is 3. The number of anilines is 1. The third-order valence-electron chi connectivity index (χ3n) is 4.90. The molecule has 10 heteroatoms. The molecule has 1 aromatic carbocycles. The third kappa shape index (κ3) is 4.28. The first kappa shape index (κ1) is 20.3. The number of alkyl halides is 3. The van der Waals surface area contributed by atoms with Crippen LogP contribution in [0.25, 0.3) is 16.8 Å². The second-order valence-electron chi connectivity index (χ2n) is 7.09. The number of benzene rings is 1. The lowest BCUT2D eigenvalue weighted by Gasteiger charge is -2.24. The standard InChI is InChI=1S/C20H21F3N4O3/c1-12-9-16-18(15-4-3-14(28-2)10-17(15)30-20(21,22)23)25-26-19(27(16)11-12)24-13-5-7-29-8-6-13/h3-4,9-11,13H,5-8H2,1-2H3,(H,24,26). The lowest BCUT2D eigenvalue weighted by Crippen LogP contribution is -2.29. The Hall–Kier alpha value is -3.01. The molecule has 0 unspecified atom stereocenters. The van der Waals surface area contributed by atoms with Crippen LogP contribution in [0.3, 0.4) is 0 Å². The van der Waals surface area contributed by atoms with Crippen molar-refractivity contribution in [2.75, 3.05) is 25.6 Å². The fourth-order valence-corrected chi connectivity index (χ4v) is 3.50. The van der Waals surface area contributed by atoms with Crippen LogP contribution in [0, 0.1) is 6.92 Å². The van der Waals surface area contributed by atoms with Gasteiger partial charge in [-0.05, 0) is 43.5 Å². The van der Waals surface area contributed by atoms with Gasteiger partial charge < -0.3 is 19.5 Å². The number of methoxy groups -OCH3 is 1. The number of hydrogen-bond acceptors (Lipinski definition) is 6. The van der Waals surface area contributed by atoms with E-state index in [0.29, 0.717) is 24.7 Å². The van der Waals surface area contributed by atoms with Crippen molar-refractivity contribution in [1.29, 1.82) is 0 Å². The predicted octanol–water partition coefficient (Wildman–Crippen LogP) is 4.20. The molecule has 0 saturated carbocycles. The molecule has 0 aliphatic carbocycles. The summed E-state index contributed by atoms with van der Waals surface area (Å²) in [5, 5.41) is 11.9. The molecule has 3 heterocycles. The Kier molecular flexibility index (Phi) is 5.42. The van der Waals surface area contributed by atoms with Crippen LogP contribution in [-0.2, 0) is 4.74 Å². The van der Waals surface area contributed by atoms with Crippen molar-refractivity contribution in [1.82, 2.24) is 14.6 Å². The Morgan fingerprint density at radius 3 is 2.63 bits per heavy atom. The molecular weight excluding hydrogens is 401 g/mol. The summed E-state index contributed by atoms with van der Waals surface area (Å²) in [4.78, 5) is 0. The third-order valence-corrected chi connectivity index (χ3v) is 4.90. The number of nitrogens with one attached hydrogen (secondary N) is 1. The molecule has 2 aromatic heterocycles. The number of hydrogen-bond donors (Lipinski definition) is 1. The first-order valence-electron chi connectivity index (χ1n) is 9.48. The van der Waals surface area contributed by atoms with Gasteiger partial charge >= 0.3 is 6.36 Å². The number of nitrogens with zero attached hydrogens (tertiary/aromatic N) is 3. The van der Waals surface area contributed by atoms with E-state index in [9.17, 15) is 13.2 Å². The molecule has 1 aliphatic heterocycles. The summed E-state index contributed by atoms with van der Waals surface area (Å²) in [6.45, 7) is 3.23. The lowest BCUT2D eigenvalue weighted by atomic mass is 10.1. The van der Waals surface area contributed by atoms with Crippen molar-refractivity contribution in [3.05, 3.63) is 36.0 Å². The second kappa shape index (κ2) is 8.02. The summed E-state index contributed by atoms with van der Waals surface area (Å²) in [7, 11) is 1.37. The maximum absolute atomic E-state index is 13.0. The van der Waals surface area contributed by atoms with Gasteiger partial charge in [0.1, 0.15) is 17.2 Å². The zero-order chi connectivity index (χ0) is 21.3. The molecule has 0 amide bonds. The summed E-state index contributed by atoms with van der Waals surface area (Å²) in [6.07, 6.45) is -1.31. The molecule has 1 N–H and O–H groups in total. The average Bonchev–Trinajstić information content (AvgIpc) is 3.10. The molecule has 3 aromatic rings. The number of aryl methyl sites for hydroxylation is 1. The van der Waals surface area contributed by atoms with E-state index in [-0.39, 0.29) is 23.0 Å². The molecule has 0 atom stereocenters. The van der Waals surface area contributed by atoms with Gasteiger partial charge in [-0.2, -0.15) is 0 Å². The minimum Gasteiger partial charge on any atom is -0.497 e. The predicted molar refractivity (Wildman–Crippen MR) is 104 cm³/mol. The summed E-state index contributed by atoms with van der Waals surface area (Å²) < 4.78 is 55.4. The molecular formula is C20H21F3N4O3. The van der Waals surface area contributed by atoms with E-state index in [0.717, 1.165) is 18.4 Å². The van der Waals surface area contributed by atoms with E-state index in [1.807, 2.05) is 19.2 Å². The highest BCUT2D eigenvalue weighted by atomic mass is 19.4. The molecule has 0 spiro atoms. The fraction of sp³-hybridized carbons (Fsp3) is 0.400. The molecule has 7 nitrogen and oxygen atoms in total. The fourth-order valence-electron chi connectivity index (χ4n) is 3.50. The van der Waals surface area contributed by atoms with E-state index in [1.165, 1.54) is 19.2 Å². The van der Waals surface area contributed by atoms with Crippen LogP contribution in [-0.4, -0.2) is 47.3 Å². The number of ether oxygens (including phenoxy) is 3. The van der Waals surface area contributed by atoms with Gasteiger partial charge in [-0.3, -0.25) is 4.40 Å². The minimum absolute atomic E-state index is 0.168. The van der Waals surface area contributed by atoms with Crippen LogP contribution in [0.15, 0.2) is 30.5 Å². The smallest absolute Gasteiger partial charge is 0.497 e. The van der Waals surface area contributed by atoms with Gasteiger partial charge in [0.25, 0.3) is 0 Å². The van der Waals surface area contributed by atoms with Gasteiger partial charge in [-0.15, -0.1) is 23.4 Å². The highest BCUT2D eigenvalue weighted by molar-refractivity contribution is 5.82. The van der Waals surface area contributed by atoms with E-state index >= 15 is 0 Å². The maximum atomic E-state index is 13.0. The normalized spacial score (nSPS) is 15.4. The van der Waals surface area contributed by atoms with Crippen LogP contribution in [0.1, 0.15) is 18.4 Å². The van der Waals surface area contributed by atoms with Crippen LogP contribution < -0.4 is 14.8 Å². The largest absolute Gasteiger partial charge is 0.573 e. The second-order valence-corrected chi connectivity index (χ2v) is 7.09. The molecule has 0 radical (unpaired) electrons. The first-order valence-corrected chi connectivity index (χ1v) is 9.48. The monoisotopic (exact) mass is 422 g/mol. The molecule has 1 saturated heterocycles. The molecule has 1 fully saturated rings. The molecule has 30 heavy (non-hydrogen) atoms. The summed E-state index contributed by atoms with van der Waals surface area (Å²) >= 11 is 0. The van der Waals surface area contributed by atoms with Crippen LogP contribution in [0.5, 0.6) is 11.5 Å². The van der Waals surface area contributed by atoms with Gasteiger partial charge in [0.2, 0.25) is 5.95 Å². The number of fused-ring (bicyclic) bond motifs is 1.